The third-order valence-electron chi connectivity index (χ3n) is 3.68. The van der Waals surface area contributed by atoms with Gasteiger partial charge in [-0.3, -0.25) is 4.90 Å². The van der Waals surface area contributed by atoms with E-state index in [0.29, 0.717) is 0 Å². The second-order valence-electron chi connectivity index (χ2n) is 5.03. The van der Waals surface area contributed by atoms with Crippen molar-refractivity contribution in [2.45, 2.75) is 26.2 Å². The molecule has 0 spiro atoms. The number of ether oxygens (including phenoxy) is 1. The molecule has 0 amide bonds. The highest BCUT2D eigenvalue weighted by Gasteiger charge is 2.26. The molecule has 0 aromatic heterocycles. The fourth-order valence-electron chi connectivity index (χ4n) is 2.45. The molecule has 1 aliphatic heterocycles. The van der Waals surface area contributed by atoms with Crippen LogP contribution in [0.25, 0.3) is 0 Å². The number of likely N-dealkylation sites (N-methyl/N-ethyl adjacent to an activating group) is 2. The molecule has 0 bridgehead atoms. The number of benzene rings is 1. The summed E-state index contributed by atoms with van der Waals surface area (Å²) in [5, 5.41) is 0. The molecule has 1 heterocycles. The van der Waals surface area contributed by atoms with Crippen molar-refractivity contribution in [2.24, 2.45) is 0 Å². The Kier molecular flexibility index (Phi) is 4.75. The fourth-order valence-corrected chi connectivity index (χ4v) is 2.45. The van der Waals surface area contributed by atoms with Crippen molar-refractivity contribution in [3.63, 3.8) is 0 Å². The highest BCUT2D eigenvalue weighted by atomic mass is 16.5. The van der Waals surface area contributed by atoms with Crippen LogP contribution in [0.2, 0.25) is 0 Å². The molecule has 0 radical (unpaired) electrons. The Hall–Kier alpha value is -0.900. The third-order valence-corrected chi connectivity index (χ3v) is 3.68. The van der Waals surface area contributed by atoms with Gasteiger partial charge in [-0.1, -0.05) is 37.3 Å². The fraction of sp³-hybridized carbons (Fsp3) is 0.600. The maximum absolute atomic E-state index is 6.24. The summed E-state index contributed by atoms with van der Waals surface area (Å²) < 4.78 is 6.24. The van der Waals surface area contributed by atoms with Crippen molar-refractivity contribution in [2.75, 3.05) is 33.2 Å². The van der Waals surface area contributed by atoms with Gasteiger partial charge in [-0.2, -0.15) is 0 Å². The lowest BCUT2D eigenvalue weighted by atomic mass is 10.1. The lowest BCUT2D eigenvalue weighted by Crippen LogP contribution is -2.52. The Morgan fingerprint density at radius 2 is 2.00 bits per heavy atom. The standard InChI is InChI=1S/C15H24N2O/c1-4-17-11-10-16(3)12-15(17)18-13(2)14-8-6-5-7-9-14/h5-9,13,15H,4,10-12H2,1-3H3. The molecule has 18 heavy (non-hydrogen) atoms. The van der Waals surface area contributed by atoms with Gasteiger partial charge in [0.1, 0.15) is 6.23 Å². The summed E-state index contributed by atoms with van der Waals surface area (Å²) in [6.07, 6.45) is 0.362. The average molecular weight is 248 g/mol. The van der Waals surface area contributed by atoms with E-state index in [2.05, 4.69) is 55.0 Å². The molecule has 0 aliphatic carbocycles. The SMILES string of the molecule is CCN1CCN(C)CC1OC(C)c1ccccc1. The summed E-state index contributed by atoms with van der Waals surface area (Å²) in [6, 6.07) is 10.4. The lowest BCUT2D eigenvalue weighted by Gasteiger charge is -2.40. The molecular weight excluding hydrogens is 224 g/mol. The molecule has 100 valence electrons. The van der Waals surface area contributed by atoms with Crippen LogP contribution in [-0.2, 0) is 4.74 Å². The van der Waals surface area contributed by atoms with Crippen molar-refractivity contribution in [1.82, 2.24) is 9.80 Å². The lowest BCUT2D eigenvalue weighted by molar-refractivity contribution is -0.124. The Morgan fingerprint density at radius 3 is 2.67 bits per heavy atom. The first-order valence-corrected chi connectivity index (χ1v) is 6.83. The van der Waals surface area contributed by atoms with E-state index in [0.717, 1.165) is 26.2 Å². The minimum Gasteiger partial charge on any atom is -0.354 e. The van der Waals surface area contributed by atoms with Crippen molar-refractivity contribution < 1.29 is 4.74 Å². The molecule has 1 fully saturated rings. The number of rotatable bonds is 4. The molecule has 3 nitrogen and oxygen atoms in total. The Morgan fingerprint density at radius 1 is 1.28 bits per heavy atom. The summed E-state index contributed by atoms with van der Waals surface area (Å²) in [4.78, 5) is 4.76. The minimum atomic E-state index is 0.150. The van der Waals surface area contributed by atoms with Crippen LogP contribution in [0.5, 0.6) is 0 Å². The van der Waals surface area contributed by atoms with Gasteiger partial charge < -0.3 is 9.64 Å². The summed E-state index contributed by atoms with van der Waals surface area (Å²) in [5.41, 5.74) is 1.25. The summed E-state index contributed by atoms with van der Waals surface area (Å²) in [5.74, 6) is 0. The Labute approximate surface area is 110 Å². The number of piperazine rings is 1. The molecule has 1 aromatic carbocycles. The van der Waals surface area contributed by atoms with Gasteiger partial charge in [-0.15, -0.1) is 0 Å². The molecule has 2 rings (SSSR count). The van der Waals surface area contributed by atoms with Crippen LogP contribution in [0.1, 0.15) is 25.5 Å². The van der Waals surface area contributed by atoms with E-state index in [1.165, 1.54) is 5.56 Å². The van der Waals surface area contributed by atoms with E-state index in [9.17, 15) is 0 Å². The predicted molar refractivity (Wildman–Crippen MR) is 74.5 cm³/mol. The first kappa shape index (κ1) is 13.5. The molecule has 1 saturated heterocycles. The van der Waals surface area contributed by atoms with Crippen LogP contribution in [0.15, 0.2) is 30.3 Å². The van der Waals surface area contributed by atoms with Crippen molar-refractivity contribution in [3.8, 4) is 0 Å². The van der Waals surface area contributed by atoms with Crippen LogP contribution in [-0.4, -0.2) is 49.3 Å². The molecule has 3 heteroatoms. The molecule has 0 saturated carbocycles. The number of nitrogens with zero attached hydrogens (tertiary/aromatic N) is 2. The molecular formula is C15H24N2O. The van der Waals surface area contributed by atoms with Crippen LogP contribution in [0.4, 0.5) is 0 Å². The zero-order valence-electron chi connectivity index (χ0n) is 11.7. The van der Waals surface area contributed by atoms with E-state index in [1.54, 1.807) is 0 Å². The molecule has 0 N–H and O–H groups in total. The van der Waals surface area contributed by atoms with Gasteiger partial charge in [0.05, 0.1) is 6.10 Å². The zero-order valence-corrected chi connectivity index (χ0v) is 11.7. The number of hydrogen-bond donors (Lipinski definition) is 0. The van der Waals surface area contributed by atoms with E-state index < -0.39 is 0 Å². The van der Waals surface area contributed by atoms with Gasteiger partial charge in [0.2, 0.25) is 0 Å². The molecule has 2 atom stereocenters. The first-order chi connectivity index (χ1) is 8.70. The topological polar surface area (TPSA) is 15.7 Å². The normalized spacial score (nSPS) is 24.1. The molecule has 1 aliphatic rings. The molecule has 2 unspecified atom stereocenters. The van der Waals surface area contributed by atoms with Crippen LogP contribution < -0.4 is 0 Å². The van der Waals surface area contributed by atoms with Gasteiger partial charge in [0.15, 0.2) is 0 Å². The van der Waals surface area contributed by atoms with Crippen molar-refractivity contribution >= 4 is 0 Å². The zero-order chi connectivity index (χ0) is 13.0. The summed E-state index contributed by atoms with van der Waals surface area (Å²) >= 11 is 0. The van der Waals surface area contributed by atoms with Gasteiger partial charge in [0, 0.05) is 19.6 Å². The van der Waals surface area contributed by atoms with Gasteiger partial charge in [-0.25, -0.2) is 0 Å². The van der Waals surface area contributed by atoms with Crippen LogP contribution in [0, 0.1) is 0 Å². The van der Waals surface area contributed by atoms with Crippen molar-refractivity contribution in [3.05, 3.63) is 35.9 Å². The number of hydrogen-bond acceptors (Lipinski definition) is 3. The third kappa shape index (κ3) is 3.31. The second-order valence-corrected chi connectivity index (χ2v) is 5.03. The van der Waals surface area contributed by atoms with Gasteiger partial charge >= 0.3 is 0 Å². The Balaban J connectivity index is 1.98. The van der Waals surface area contributed by atoms with E-state index in [1.807, 2.05) is 6.07 Å². The van der Waals surface area contributed by atoms with E-state index >= 15 is 0 Å². The highest BCUT2D eigenvalue weighted by molar-refractivity contribution is 5.16. The Bertz CT molecular complexity index is 355. The predicted octanol–water partition coefficient (Wildman–Crippen LogP) is 2.36. The van der Waals surface area contributed by atoms with E-state index in [4.69, 9.17) is 4.74 Å². The summed E-state index contributed by atoms with van der Waals surface area (Å²) in [7, 11) is 2.16. The maximum Gasteiger partial charge on any atom is 0.124 e. The molecule has 1 aromatic rings. The quantitative estimate of drug-likeness (QED) is 0.813. The first-order valence-electron chi connectivity index (χ1n) is 6.83. The second kappa shape index (κ2) is 6.32. The maximum atomic E-state index is 6.24. The van der Waals surface area contributed by atoms with Gasteiger partial charge in [0.25, 0.3) is 0 Å². The smallest absolute Gasteiger partial charge is 0.124 e. The summed E-state index contributed by atoms with van der Waals surface area (Å²) in [6.45, 7) is 8.62. The highest BCUT2D eigenvalue weighted by Crippen LogP contribution is 2.21. The monoisotopic (exact) mass is 248 g/mol. The largest absolute Gasteiger partial charge is 0.354 e. The average Bonchev–Trinajstić information content (AvgIpc) is 2.40. The van der Waals surface area contributed by atoms with Crippen LogP contribution >= 0.6 is 0 Å². The van der Waals surface area contributed by atoms with Crippen LogP contribution in [0.3, 0.4) is 0 Å². The van der Waals surface area contributed by atoms with Crippen molar-refractivity contribution in [1.29, 1.82) is 0 Å². The van der Waals surface area contributed by atoms with Gasteiger partial charge in [-0.05, 0) is 26.1 Å². The minimum absolute atomic E-state index is 0.150. The van der Waals surface area contributed by atoms with E-state index in [-0.39, 0.29) is 12.3 Å².